The Morgan fingerprint density at radius 3 is 2.74 bits per heavy atom. The summed E-state index contributed by atoms with van der Waals surface area (Å²) in [5.74, 6) is -0.486. The monoisotopic (exact) mass is 362 g/mol. The molecule has 0 bridgehead atoms. The van der Waals surface area contributed by atoms with Crippen LogP contribution in [0.1, 0.15) is 18.5 Å². The molecule has 0 saturated heterocycles. The first-order valence-electron chi connectivity index (χ1n) is 5.51. The summed E-state index contributed by atoms with van der Waals surface area (Å²) < 4.78 is 14.2. The second-order valence-corrected chi connectivity index (χ2v) is 5.50. The van der Waals surface area contributed by atoms with Gasteiger partial charge < -0.3 is 5.32 Å². The van der Waals surface area contributed by atoms with Gasteiger partial charge in [0.05, 0.1) is 16.8 Å². The van der Waals surface area contributed by atoms with E-state index >= 15 is 0 Å². The third kappa shape index (κ3) is 3.19. The number of nitrogens with one attached hydrogen (secondary N) is 1. The molecule has 1 aromatic carbocycles. The molecule has 19 heavy (non-hydrogen) atoms. The number of aromatic nitrogens is 1. The fourth-order valence-corrected chi connectivity index (χ4v) is 2.80. The lowest BCUT2D eigenvalue weighted by Crippen LogP contribution is -2.09. The fourth-order valence-electron chi connectivity index (χ4n) is 1.74. The number of nitrogens with zero attached hydrogens (tertiary/aromatic N) is 1. The molecule has 0 radical (unpaired) electrons. The Morgan fingerprint density at radius 1 is 1.32 bits per heavy atom. The minimum Gasteiger partial charge on any atom is -0.376 e. The van der Waals surface area contributed by atoms with Gasteiger partial charge in [-0.05, 0) is 47.1 Å². The summed E-state index contributed by atoms with van der Waals surface area (Å²) in [7, 11) is 0. The van der Waals surface area contributed by atoms with Crippen LogP contribution in [-0.4, -0.2) is 4.98 Å². The molecule has 0 aliphatic rings. The smallest absolute Gasteiger partial charge is 0.142 e. The summed E-state index contributed by atoms with van der Waals surface area (Å²) in [5, 5.41) is 3.65. The second-order valence-electron chi connectivity index (χ2n) is 3.96. The Labute approximate surface area is 129 Å². The topological polar surface area (TPSA) is 24.9 Å². The summed E-state index contributed by atoms with van der Waals surface area (Å²) in [4.78, 5) is 4.10. The number of rotatable bonds is 3. The second kappa shape index (κ2) is 6.07. The van der Waals surface area contributed by atoms with Crippen LogP contribution in [0.2, 0.25) is 10.0 Å². The highest BCUT2D eigenvalue weighted by atomic mass is 79.9. The lowest BCUT2D eigenvalue weighted by molar-refractivity contribution is 0.624. The average molecular weight is 364 g/mol. The van der Waals surface area contributed by atoms with Gasteiger partial charge in [0.2, 0.25) is 0 Å². The number of halogens is 4. The Balaban J connectivity index is 2.33. The van der Waals surface area contributed by atoms with E-state index in [1.54, 1.807) is 12.3 Å². The molecule has 1 atom stereocenters. The molecule has 100 valence electrons. The van der Waals surface area contributed by atoms with Crippen LogP contribution in [0.25, 0.3) is 0 Å². The summed E-state index contributed by atoms with van der Waals surface area (Å²) in [6.07, 6.45) is 1.67. The van der Waals surface area contributed by atoms with E-state index < -0.39 is 5.82 Å². The molecule has 2 aromatic rings. The van der Waals surface area contributed by atoms with Crippen molar-refractivity contribution in [2.45, 2.75) is 13.0 Å². The molecule has 2 nitrogen and oxygen atoms in total. The van der Waals surface area contributed by atoms with E-state index in [1.807, 2.05) is 13.0 Å². The van der Waals surface area contributed by atoms with Crippen molar-refractivity contribution in [1.82, 2.24) is 4.98 Å². The minimum atomic E-state index is -0.486. The van der Waals surface area contributed by atoms with Crippen molar-refractivity contribution >= 4 is 44.8 Å². The van der Waals surface area contributed by atoms with Crippen molar-refractivity contribution in [3.8, 4) is 0 Å². The zero-order valence-corrected chi connectivity index (χ0v) is 13.0. The highest BCUT2D eigenvalue weighted by Crippen LogP contribution is 2.34. The zero-order chi connectivity index (χ0) is 14.0. The van der Waals surface area contributed by atoms with Crippen LogP contribution in [0.3, 0.4) is 0 Å². The van der Waals surface area contributed by atoms with E-state index in [-0.39, 0.29) is 11.1 Å². The van der Waals surface area contributed by atoms with Gasteiger partial charge in [0.25, 0.3) is 0 Å². The SMILES string of the molecule is CC(Nc1cccnc1Br)c1c(Cl)ccc(F)c1Cl. The molecule has 1 aromatic heterocycles. The third-order valence-electron chi connectivity index (χ3n) is 2.64. The molecule has 0 spiro atoms. The standard InChI is InChI=1S/C13H10BrCl2FN2/c1-7(19-10-3-2-6-18-13(10)14)11-8(15)4-5-9(17)12(11)16/h2-7,19H,1H3. The van der Waals surface area contributed by atoms with Crippen molar-refractivity contribution in [1.29, 1.82) is 0 Å². The lowest BCUT2D eigenvalue weighted by atomic mass is 10.1. The number of hydrogen-bond donors (Lipinski definition) is 1. The van der Waals surface area contributed by atoms with E-state index in [1.165, 1.54) is 12.1 Å². The summed E-state index contributed by atoms with van der Waals surface area (Å²) in [6, 6.07) is 6.15. The van der Waals surface area contributed by atoms with E-state index in [4.69, 9.17) is 23.2 Å². The van der Waals surface area contributed by atoms with Crippen molar-refractivity contribution in [2.75, 3.05) is 5.32 Å². The summed E-state index contributed by atoms with van der Waals surface area (Å²) in [6.45, 7) is 1.85. The zero-order valence-electron chi connectivity index (χ0n) is 9.92. The van der Waals surface area contributed by atoms with Crippen LogP contribution >= 0.6 is 39.1 Å². The number of hydrogen-bond acceptors (Lipinski definition) is 2. The molecule has 0 aliphatic carbocycles. The highest BCUT2D eigenvalue weighted by Gasteiger charge is 2.17. The number of benzene rings is 1. The predicted molar refractivity (Wildman–Crippen MR) is 80.4 cm³/mol. The first-order valence-corrected chi connectivity index (χ1v) is 7.06. The lowest BCUT2D eigenvalue weighted by Gasteiger charge is -2.19. The molecule has 1 unspecified atom stereocenters. The molecule has 2 rings (SSSR count). The van der Waals surface area contributed by atoms with E-state index in [2.05, 4.69) is 26.2 Å². The van der Waals surface area contributed by atoms with Gasteiger partial charge in [-0.1, -0.05) is 23.2 Å². The van der Waals surface area contributed by atoms with Crippen molar-refractivity contribution in [3.63, 3.8) is 0 Å². The van der Waals surface area contributed by atoms with Crippen LogP contribution in [0.4, 0.5) is 10.1 Å². The molecule has 6 heteroatoms. The van der Waals surface area contributed by atoms with E-state index in [9.17, 15) is 4.39 Å². The molecule has 1 N–H and O–H groups in total. The Kier molecular flexibility index (Phi) is 4.66. The normalized spacial score (nSPS) is 12.3. The van der Waals surface area contributed by atoms with E-state index in [0.29, 0.717) is 15.2 Å². The predicted octanol–water partition coefficient (Wildman–Crippen LogP) is 5.46. The van der Waals surface area contributed by atoms with Gasteiger partial charge >= 0.3 is 0 Å². The first-order chi connectivity index (χ1) is 9.00. The fraction of sp³-hybridized carbons (Fsp3) is 0.154. The molecule has 0 amide bonds. The van der Waals surface area contributed by atoms with E-state index in [0.717, 1.165) is 5.69 Å². The Hall–Kier alpha value is -0.840. The number of pyridine rings is 1. The highest BCUT2D eigenvalue weighted by molar-refractivity contribution is 9.10. The number of anilines is 1. The van der Waals surface area contributed by atoms with Crippen LogP contribution in [0, 0.1) is 5.82 Å². The van der Waals surface area contributed by atoms with Gasteiger partial charge in [-0.25, -0.2) is 9.37 Å². The van der Waals surface area contributed by atoms with Gasteiger partial charge in [-0.2, -0.15) is 0 Å². The van der Waals surface area contributed by atoms with Gasteiger partial charge in [0.15, 0.2) is 0 Å². The third-order valence-corrected chi connectivity index (χ3v) is 3.99. The Bertz CT molecular complexity index is 607. The van der Waals surface area contributed by atoms with Crippen LogP contribution in [0.15, 0.2) is 35.1 Å². The van der Waals surface area contributed by atoms with Crippen LogP contribution in [0.5, 0.6) is 0 Å². The quantitative estimate of drug-likeness (QED) is 0.578. The maximum absolute atomic E-state index is 13.5. The molecule has 0 aliphatic heterocycles. The van der Waals surface area contributed by atoms with Crippen LogP contribution < -0.4 is 5.32 Å². The van der Waals surface area contributed by atoms with Gasteiger partial charge in [0, 0.05) is 16.8 Å². The molecular formula is C13H10BrCl2FN2. The van der Waals surface area contributed by atoms with Crippen molar-refractivity contribution in [2.24, 2.45) is 0 Å². The van der Waals surface area contributed by atoms with Gasteiger partial charge in [-0.15, -0.1) is 0 Å². The molecule has 0 fully saturated rings. The summed E-state index contributed by atoms with van der Waals surface area (Å²) >= 11 is 15.4. The van der Waals surface area contributed by atoms with Gasteiger partial charge in [-0.3, -0.25) is 0 Å². The molecular weight excluding hydrogens is 354 g/mol. The summed E-state index contributed by atoms with van der Waals surface area (Å²) in [5.41, 5.74) is 1.31. The Morgan fingerprint density at radius 2 is 2.05 bits per heavy atom. The van der Waals surface area contributed by atoms with Crippen molar-refractivity contribution < 1.29 is 4.39 Å². The maximum atomic E-state index is 13.5. The first kappa shape index (κ1) is 14.6. The van der Waals surface area contributed by atoms with Crippen molar-refractivity contribution in [3.05, 3.63) is 56.5 Å². The molecule has 1 heterocycles. The average Bonchev–Trinajstić information content (AvgIpc) is 2.37. The molecule has 0 saturated carbocycles. The minimum absolute atomic E-state index is 0.0347. The van der Waals surface area contributed by atoms with Gasteiger partial charge in [0.1, 0.15) is 10.4 Å². The van der Waals surface area contributed by atoms with Crippen LogP contribution in [-0.2, 0) is 0 Å². The largest absolute Gasteiger partial charge is 0.376 e. The maximum Gasteiger partial charge on any atom is 0.142 e.